The lowest BCUT2D eigenvalue weighted by Crippen LogP contribution is -2.14. The molecule has 2 N–H and O–H groups in total. The van der Waals surface area contributed by atoms with Gasteiger partial charge in [-0.1, -0.05) is 12.1 Å². The number of aryl methyl sites for hydroxylation is 2. The van der Waals surface area contributed by atoms with Crippen LogP contribution >= 0.6 is 15.9 Å². The zero-order valence-electron chi connectivity index (χ0n) is 11.4. The molecule has 104 valence electrons. The highest BCUT2D eigenvalue weighted by Gasteiger charge is 2.16. The van der Waals surface area contributed by atoms with E-state index in [1.54, 1.807) is 0 Å². The van der Waals surface area contributed by atoms with Crippen molar-refractivity contribution in [3.8, 4) is 0 Å². The standard InChI is InChI=1S/C15H16BrN3O/c1-9-6-11(19(2)18-9)8-13(17)14-7-10-4-3-5-12(16)15(10)20-14/h3-7,13H,8,17H2,1-2H3. The summed E-state index contributed by atoms with van der Waals surface area (Å²) in [6.45, 7) is 1.98. The lowest BCUT2D eigenvalue weighted by molar-refractivity contribution is 0.485. The molecule has 0 aliphatic rings. The van der Waals surface area contributed by atoms with Gasteiger partial charge in [0, 0.05) is 24.5 Å². The molecule has 0 radical (unpaired) electrons. The van der Waals surface area contributed by atoms with E-state index in [0.29, 0.717) is 6.42 Å². The molecule has 2 heterocycles. The number of para-hydroxylation sites is 1. The lowest BCUT2D eigenvalue weighted by atomic mass is 10.1. The lowest BCUT2D eigenvalue weighted by Gasteiger charge is -2.08. The summed E-state index contributed by atoms with van der Waals surface area (Å²) in [7, 11) is 1.93. The van der Waals surface area contributed by atoms with Gasteiger partial charge in [0.1, 0.15) is 11.3 Å². The van der Waals surface area contributed by atoms with Crippen molar-refractivity contribution in [3.05, 3.63) is 52.0 Å². The topological polar surface area (TPSA) is 57.0 Å². The highest BCUT2D eigenvalue weighted by molar-refractivity contribution is 9.10. The number of hydrogen-bond acceptors (Lipinski definition) is 3. The Labute approximate surface area is 125 Å². The Morgan fingerprint density at radius 1 is 1.40 bits per heavy atom. The third kappa shape index (κ3) is 2.39. The van der Waals surface area contributed by atoms with Crippen molar-refractivity contribution in [3.63, 3.8) is 0 Å². The number of hydrogen-bond donors (Lipinski definition) is 1. The van der Waals surface area contributed by atoms with Crippen LogP contribution in [0.1, 0.15) is 23.2 Å². The van der Waals surface area contributed by atoms with Gasteiger partial charge < -0.3 is 10.2 Å². The summed E-state index contributed by atoms with van der Waals surface area (Å²) in [5, 5.41) is 5.40. The van der Waals surface area contributed by atoms with Gasteiger partial charge in [-0.25, -0.2) is 0 Å². The summed E-state index contributed by atoms with van der Waals surface area (Å²) >= 11 is 3.49. The number of nitrogens with two attached hydrogens (primary N) is 1. The maximum absolute atomic E-state index is 6.27. The average Bonchev–Trinajstić information content (AvgIpc) is 2.94. The quantitative estimate of drug-likeness (QED) is 0.798. The zero-order valence-corrected chi connectivity index (χ0v) is 13.0. The second-order valence-corrected chi connectivity index (χ2v) is 5.87. The molecule has 0 aliphatic heterocycles. The molecule has 0 saturated heterocycles. The van der Waals surface area contributed by atoms with Gasteiger partial charge in [-0.05, 0) is 41.1 Å². The van der Waals surface area contributed by atoms with E-state index in [9.17, 15) is 0 Å². The van der Waals surface area contributed by atoms with Crippen LogP contribution in [0.4, 0.5) is 0 Å². The van der Waals surface area contributed by atoms with Gasteiger partial charge in [-0.3, -0.25) is 4.68 Å². The molecule has 3 aromatic rings. The molecule has 1 unspecified atom stereocenters. The molecular weight excluding hydrogens is 318 g/mol. The minimum atomic E-state index is -0.177. The Kier molecular flexibility index (Phi) is 3.40. The van der Waals surface area contributed by atoms with Crippen LogP contribution in [0, 0.1) is 6.92 Å². The number of benzene rings is 1. The first-order valence-corrected chi connectivity index (χ1v) is 7.27. The van der Waals surface area contributed by atoms with Crippen LogP contribution in [-0.4, -0.2) is 9.78 Å². The predicted octanol–water partition coefficient (Wildman–Crippen LogP) is 3.48. The fourth-order valence-corrected chi connectivity index (χ4v) is 2.87. The molecule has 0 amide bonds. The smallest absolute Gasteiger partial charge is 0.148 e. The van der Waals surface area contributed by atoms with Crippen molar-refractivity contribution in [1.29, 1.82) is 0 Å². The van der Waals surface area contributed by atoms with Crippen molar-refractivity contribution in [2.45, 2.75) is 19.4 Å². The summed E-state index contributed by atoms with van der Waals surface area (Å²) in [6.07, 6.45) is 0.703. The van der Waals surface area contributed by atoms with Crippen LogP contribution in [-0.2, 0) is 13.5 Å². The van der Waals surface area contributed by atoms with Gasteiger partial charge in [0.05, 0.1) is 16.2 Å². The zero-order chi connectivity index (χ0) is 14.3. The number of aromatic nitrogens is 2. The van der Waals surface area contributed by atoms with Crippen molar-refractivity contribution >= 4 is 26.9 Å². The van der Waals surface area contributed by atoms with E-state index < -0.39 is 0 Å². The van der Waals surface area contributed by atoms with Crippen LogP contribution in [0.2, 0.25) is 0 Å². The minimum Gasteiger partial charge on any atom is -0.458 e. The van der Waals surface area contributed by atoms with Crippen LogP contribution < -0.4 is 5.73 Å². The van der Waals surface area contributed by atoms with Gasteiger partial charge >= 0.3 is 0 Å². The Morgan fingerprint density at radius 2 is 2.20 bits per heavy atom. The fourth-order valence-electron chi connectivity index (χ4n) is 2.41. The highest BCUT2D eigenvalue weighted by Crippen LogP contribution is 2.30. The van der Waals surface area contributed by atoms with Crippen LogP contribution in [0.25, 0.3) is 11.0 Å². The molecular formula is C15H16BrN3O. The van der Waals surface area contributed by atoms with E-state index in [1.807, 2.05) is 42.9 Å². The maximum Gasteiger partial charge on any atom is 0.148 e. The van der Waals surface area contributed by atoms with Crippen molar-refractivity contribution < 1.29 is 4.42 Å². The summed E-state index contributed by atoms with van der Waals surface area (Å²) in [5.41, 5.74) is 9.22. The Morgan fingerprint density at radius 3 is 2.85 bits per heavy atom. The van der Waals surface area contributed by atoms with Gasteiger partial charge in [0.15, 0.2) is 0 Å². The van der Waals surface area contributed by atoms with E-state index in [2.05, 4.69) is 27.1 Å². The SMILES string of the molecule is Cc1cc(CC(N)c2cc3cccc(Br)c3o2)n(C)n1. The van der Waals surface area contributed by atoms with Crippen LogP contribution in [0.5, 0.6) is 0 Å². The summed E-state index contributed by atoms with van der Waals surface area (Å²) in [4.78, 5) is 0. The molecule has 0 fully saturated rings. The van der Waals surface area contributed by atoms with Gasteiger partial charge in [0.2, 0.25) is 0 Å². The fraction of sp³-hybridized carbons (Fsp3) is 0.267. The average molecular weight is 334 g/mol. The molecule has 2 aromatic heterocycles. The largest absolute Gasteiger partial charge is 0.458 e. The Balaban J connectivity index is 1.90. The molecule has 0 aliphatic carbocycles. The number of halogens is 1. The van der Waals surface area contributed by atoms with Gasteiger partial charge in [-0.15, -0.1) is 0 Å². The molecule has 0 saturated carbocycles. The number of nitrogens with zero attached hydrogens (tertiary/aromatic N) is 2. The summed E-state index contributed by atoms with van der Waals surface area (Å²) in [6, 6.07) is 9.86. The van der Waals surface area contributed by atoms with E-state index >= 15 is 0 Å². The van der Waals surface area contributed by atoms with Crippen LogP contribution in [0.3, 0.4) is 0 Å². The monoisotopic (exact) mass is 333 g/mol. The van der Waals surface area contributed by atoms with Crippen LogP contribution in [0.15, 0.2) is 39.2 Å². The molecule has 0 spiro atoms. The molecule has 20 heavy (non-hydrogen) atoms. The third-order valence-electron chi connectivity index (χ3n) is 3.41. The normalized spacial score (nSPS) is 13.0. The number of furan rings is 1. The van der Waals surface area contributed by atoms with Crippen molar-refractivity contribution in [1.82, 2.24) is 9.78 Å². The first-order chi connectivity index (χ1) is 9.54. The Hall–Kier alpha value is -1.59. The Bertz CT molecular complexity index is 760. The van der Waals surface area contributed by atoms with Gasteiger partial charge in [-0.2, -0.15) is 5.10 Å². The highest BCUT2D eigenvalue weighted by atomic mass is 79.9. The van der Waals surface area contributed by atoms with Crippen molar-refractivity contribution in [2.75, 3.05) is 0 Å². The third-order valence-corrected chi connectivity index (χ3v) is 4.03. The van der Waals surface area contributed by atoms with E-state index in [0.717, 1.165) is 32.6 Å². The molecule has 4 nitrogen and oxygen atoms in total. The van der Waals surface area contributed by atoms with Gasteiger partial charge in [0.25, 0.3) is 0 Å². The van der Waals surface area contributed by atoms with E-state index in [1.165, 1.54) is 0 Å². The first-order valence-electron chi connectivity index (χ1n) is 6.47. The second-order valence-electron chi connectivity index (χ2n) is 5.02. The first kappa shape index (κ1) is 13.4. The minimum absolute atomic E-state index is 0.177. The number of rotatable bonds is 3. The van der Waals surface area contributed by atoms with E-state index in [-0.39, 0.29) is 6.04 Å². The molecule has 1 aromatic carbocycles. The van der Waals surface area contributed by atoms with E-state index in [4.69, 9.17) is 10.2 Å². The van der Waals surface area contributed by atoms with Crippen molar-refractivity contribution in [2.24, 2.45) is 12.8 Å². The summed E-state index contributed by atoms with van der Waals surface area (Å²) in [5.74, 6) is 0.797. The molecule has 1 atom stereocenters. The second kappa shape index (κ2) is 5.07. The number of fused-ring (bicyclic) bond motifs is 1. The maximum atomic E-state index is 6.27. The summed E-state index contributed by atoms with van der Waals surface area (Å²) < 4.78 is 8.70. The molecule has 5 heteroatoms. The molecule has 0 bridgehead atoms. The molecule has 3 rings (SSSR count). The predicted molar refractivity (Wildman–Crippen MR) is 82.5 cm³/mol.